The summed E-state index contributed by atoms with van der Waals surface area (Å²) in [7, 11) is 0. The molecule has 3 amide bonds. The summed E-state index contributed by atoms with van der Waals surface area (Å²) >= 11 is 0. The summed E-state index contributed by atoms with van der Waals surface area (Å²) in [4.78, 5) is 44.8. The molecule has 5 rings (SSSR count). The van der Waals surface area contributed by atoms with E-state index in [1.165, 1.54) is 0 Å². The lowest BCUT2D eigenvalue weighted by molar-refractivity contribution is 0.0922. The number of nitrogens with zero attached hydrogens (tertiary/aromatic N) is 2. The Morgan fingerprint density at radius 1 is 0.975 bits per heavy atom. The van der Waals surface area contributed by atoms with Gasteiger partial charge in [-0.15, -0.1) is 0 Å². The molecule has 2 aromatic rings. The molecule has 2 bridgehead atoms. The number of primary amides is 1. The second kappa shape index (κ2) is 12.2. The molecular weight excluding hydrogens is 506 g/mol. The third-order valence-electron chi connectivity index (χ3n) is 8.63. The predicted octanol–water partition coefficient (Wildman–Crippen LogP) is 2.80. The summed E-state index contributed by atoms with van der Waals surface area (Å²) in [5.74, 6) is 0.139. The van der Waals surface area contributed by atoms with E-state index < -0.39 is 5.91 Å². The van der Waals surface area contributed by atoms with Crippen LogP contribution in [0.25, 0.3) is 0 Å². The molecule has 3 aliphatic rings. The van der Waals surface area contributed by atoms with Crippen LogP contribution < -0.4 is 31.9 Å². The van der Waals surface area contributed by atoms with E-state index >= 15 is 0 Å². The molecule has 1 aromatic heterocycles. The molecule has 4 atom stereocenters. The van der Waals surface area contributed by atoms with E-state index in [0.29, 0.717) is 22.4 Å². The number of nitrogens with two attached hydrogens (primary N) is 1. The first-order chi connectivity index (χ1) is 19.4. The zero-order chi connectivity index (χ0) is 28.2. The van der Waals surface area contributed by atoms with Gasteiger partial charge in [0.25, 0.3) is 17.7 Å². The van der Waals surface area contributed by atoms with Crippen molar-refractivity contribution in [3.8, 4) is 0 Å². The van der Waals surface area contributed by atoms with E-state index in [9.17, 15) is 14.4 Å². The molecule has 10 heteroatoms. The molecule has 0 unspecified atom stereocenters. The van der Waals surface area contributed by atoms with Crippen molar-refractivity contribution in [2.24, 2.45) is 5.73 Å². The summed E-state index contributed by atoms with van der Waals surface area (Å²) in [5, 5.41) is 12.9. The van der Waals surface area contributed by atoms with Gasteiger partial charge in [-0.3, -0.25) is 14.4 Å². The molecular formula is C30H41N7O3. The van der Waals surface area contributed by atoms with Crippen LogP contribution >= 0.6 is 0 Å². The maximum atomic E-state index is 13.3. The second-order valence-electron chi connectivity index (χ2n) is 11.3. The topological polar surface area (TPSA) is 141 Å². The SMILES string of the molecule is CCC(CC)Nc1cc(C(=O)N[C@H]2C[C@H]3CC[C@@H](C2)N3c2ccc(C(=O)N[C@H]3CCNC3)cn2)ccc1C(N)=O. The molecule has 0 aliphatic carbocycles. The molecule has 0 saturated carbocycles. The number of rotatable bonds is 10. The average Bonchev–Trinajstić information content (AvgIpc) is 3.56. The number of fused-ring (bicyclic) bond motifs is 2. The van der Waals surface area contributed by atoms with Crippen LogP contribution in [-0.2, 0) is 0 Å². The summed E-state index contributed by atoms with van der Waals surface area (Å²) in [6, 6.07) is 9.83. The highest BCUT2D eigenvalue weighted by Gasteiger charge is 2.42. The van der Waals surface area contributed by atoms with E-state index in [-0.39, 0.29) is 42.0 Å². The maximum absolute atomic E-state index is 13.3. The number of piperidine rings is 1. The van der Waals surface area contributed by atoms with Crippen LogP contribution in [-0.4, -0.2) is 66.0 Å². The van der Waals surface area contributed by atoms with E-state index in [1.807, 2.05) is 12.1 Å². The van der Waals surface area contributed by atoms with Crippen molar-refractivity contribution < 1.29 is 14.4 Å². The highest BCUT2D eigenvalue weighted by molar-refractivity contribution is 6.02. The minimum atomic E-state index is -0.516. The lowest BCUT2D eigenvalue weighted by atomic mass is 9.96. The number of hydrogen-bond acceptors (Lipinski definition) is 7. The Hall–Kier alpha value is -3.66. The highest BCUT2D eigenvalue weighted by Crippen LogP contribution is 2.38. The number of amides is 3. The van der Waals surface area contributed by atoms with Gasteiger partial charge in [0.1, 0.15) is 5.82 Å². The Morgan fingerprint density at radius 2 is 1.65 bits per heavy atom. The Bertz CT molecular complexity index is 1210. The molecule has 40 heavy (non-hydrogen) atoms. The molecule has 10 nitrogen and oxygen atoms in total. The first kappa shape index (κ1) is 27.9. The number of carbonyl (C=O) groups is 3. The normalized spacial score (nSPS) is 23.7. The molecule has 0 radical (unpaired) electrons. The molecule has 0 spiro atoms. The Kier molecular flexibility index (Phi) is 8.54. The molecule has 4 heterocycles. The van der Waals surface area contributed by atoms with Crippen LogP contribution in [0.5, 0.6) is 0 Å². The van der Waals surface area contributed by atoms with Crippen LogP contribution in [0.3, 0.4) is 0 Å². The van der Waals surface area contributed by atoms with E-state index in [2.05, 4.69) is 45.0 Å². The summed E-state index contributed by atoms with van der Waals surface area (Å²) in [6.07, 6.45) is 8.17. The number of nitrogens with one attached hydrogen (secondary N) is 4. The monoisotopic (exact) mass is 547 g/mol. The van der Waals surface area contributed by atoms with E-state index in [4.69, 9.17) is 5.73 Å². The minimum Gasteiger partial charge on any atom is -0.382 e. The van der Waals surface area contributed by atoms with Crippen LogP contribution in [0.4, 0.5) is 11.5 Å². The van der Waals surface area contributed by atoms with Crippen LogP contribution in [0.1, 0.15) is 89.9 Å². The van der Waals surface area contributed by atoms with Gasteiger partial charge in [-0.1, -0.05) is 13.8 Å². The van der Waals surface area contributed by atoms with Gasteiger partial charge in [0.15, 0.2) is 0 Å². The van der Waals surface area contributed by atoms with Crippen molar-refractivity contribution in [1.82, 2.24) is 20.9 Å². The fourth-order valence-corrected chi connectivity index (χ4v) is 6.39. The number of carbonyl (C=O) groups excluding carboxylic acids is 3. The van der Waals surface area contributed by atoms with Crippen LogP contribution in [0.15, 0.2) is 36.5 Å². The van der Waals surface area contributed by atoms with Gasteiger partial charge in [-0.2, -0.15) is 0 Å². The second-order valence-corrected chi connectivity index (χ2v) is 11.3. The molecule has 214 valence electrons. The van der Waals surface area contributed by atoms with Crippen molar-refractivity contribution in [3.63, 3.8) is 0 Å². The lowest BCUT2D eigenvalue weighted by Gasteiger charge is -2.40. The zero-order valence-corrected chi connectivity index (χ0v) is 23.4. The molecule has 6 N–H and O–H groups in total. The van der Waals surface area contributed by atoms with Gasteiger partial charge in [-0.25, -0.2) is 4.98 Å². The summed E-state index contributed by atoms with van der Waals surface area (Å²) in [6.45, 7) is 5.90. The third kappa shape index (κ3) is 6.06. The Balaban J connectivity index is 1.21. The van der Waals surface area contributed by atoms with E-state index in [0.717, 1.165) is 63.9 Å². The van der Waals surface area contributed by atoms with Gasteiger partial charge in [0.2, 0.25) is 0 Å². The number of pyridine rings is 1. The van der Waals surface area contributed by atoms with Gasteiger partial charge < -0.3 is 31.9 Å². The number of aromatic nitrogens is 1. The standard InChI is InChI=1S/C30H41N7O3/c1-3-20(4-2)34-26-13-18(5-9-25(26)28(31)38)29(39)36-22-14-23-7-8-24(15-22)37(23)27-10-6-19(16-33-27)30(40)35-21-11-12-32-17-21/h5-6,9-10,13,16,20-24,32,34H,3-4,7-8,11-12,14-15,17H2,1-2H3,(H2,31,38)(H,35,40)(H,36,39)/t21-,22-,23+,24-/m0/s1. The van der Waals surface area contributed by atoms with Crippen LogP contribution in [0.2, 0.25) is 0 Å². The number of anilines is 2. The molecule has 3 saturated heterocycles. The van der Waals surface area contributed by atoms with Gasteiger partial charge in [-0.05, 0) is 81.8 Å². The average molecular weight is 548 g/mol. The van der Waals surface area contributed by atoms with Crippen molar-refractivity contribution in [2.75, 3.05) is 23.3 Å². The molecule has 3 aliphatic heterocycles. The van der Waals surface area contributed by atoms with Crippen molar-refractivity contribution in [1.29, 1.82) is 0 Å². The smallest absolute Gasteiger partial charge is 0.253 e. The quantitative estimate of drug-likeness (QED) is 0.308. The third-order valence-corrected chi connectivity index (χ3v) is 8.63. The molecule has 3 fully saturated rings. The lowest BCUT2D eigenvalue weighted by Crippen LogP contribution is -2.50. The Labute approximate surface area is 235 Å². The minimum absolute atomic E-state index is 0.0533. The highest BCUT2D eigenvalue weighted by atomic mass is 16.2. The Morgan fingerprint density at radius 3 is 2.25 bits per heavy atom. The predicted molar refractivity (Wildman–Crippen MR) is 156 cm³/mol. The van der Waals surface area contributed by atoms with Gasteiger partial charge in [0.05, 0.1) is 11.1 Å². The van der Waals surface area contributed by atoms with Crippen molar-refractivity contribution in [2.45, 2.75) is 89.0 Å². The van der Waals surface area contributed by atoms with Gasteiger partial charge >= 0.3 is 0 Å². The molecule has 1 aromatic carbocycles. The van der Waals surface area contributed by atoms with Gasteiger partial charge in [0, 0.05) is 54.2 Å². The van der Waals surface area contributed by atoms with Crippen molar-refractivity contribution >= 4 is 29.2 Å². The van der Waals surface area contributed by atoms with E-state index in [1.54, 1.807) is 24.4 Å². The zero-order valence-electron chi connectivity index (χ0n) is 23.4. The summed E-state index contributed by atoms with van der Waals surface area (Å²) in [5.41, 5.74) is 7.67. The van der Waals surface area contributed by atoms with Crippen LogP contribution in [0, 0.1) is 0 Å². The fourth-order valence-electron chi connectivity index (χ4n) is 6.39. The fraction of sp³-hybridized carbons (Fsp3) is 0.533. The number of benzene rings is 1. The van der Waals surface area contributed by atoms with Crippen molar-refractivity contribution in [3.05, 3.63) is 53.2 Å². The number of hydrogen-bond donors (Lipinski definition) is 5. The maximum Gasteiger partial charge on any atom is 0.253 e. The first-order valence-corrected chi connectivity index (χ1v) is 14.6. The summed E-state index contributed by atoms with van der Waals surface area (Å²) < 4.78 is 0. The largest absolute Gasteiger partial charge is 0.382 e. The first-order valence-electron chi connectivity index (χ1n) is 14.6.